The molecule has 0 bridgehead atoms. The molecular formula is C14H23N3. The standard InChI is InChI=1S/C14H23N3/c1-3-9-15-14-16-10-11-17(14)13-7-5-12(4-2)6-8-13/h3,10-13H,1,4-9H2,2H3,(H,15,16). The van der Waals surface area contributed by atoms with Gasteiger partial charge in [-0.25, -0.2) is 4.98 Å². The molecule has 0 aromatic carbocycles. The summed E-state index contributed by atoms with van der Waals surface area (Å²) in [7, 11) is 0. The minimum absolute atomic E-state index is 0.632. The van der Waals surface area contributed by atoms with Crippen LogP contribution in [0.25, 0.3) is 0 Å². The fourth-order valence-electron chi connectivity index (χ4n) is 2.74. The second-order valence-electron chi connectivity index (χ2n) is 4.91. The van der Waals surface area contributed by atoms with Crippen molar-refractivity contribution in [3.05, 3.63) is 25.0 Å². The van der Waals surface area contributed by atoms with Gasteiger partial charge < -0.3 is 9.88 Å². The summed E-state index contributed by atoms with van der Waals surface area (Å²) < 4.78 is 2.30. The lowest BCUT2D eigenvalue weighted by Crippen LogP contribution is -2.19. The maximum atomic E-state index is 4.37. The zero-order valence-corrected chi connectivity index (χ0v) is 10.7. The summed E-state index contributed by atoms with van der Waals surface area (Å²) in [5.41, 5.74) is 0. The minimum Gasteiger partial charge on any atom is -0.352 e. The molecule has 0 radical (unpaired) electrons. The van der Waals surface area contributed by atoms with Crippen molar-refractivity contribution in [3.63, 3.8) is 0 Å². The van der Waals surface area contributed by atoms with Crippen molar-refractivity contribution < 1.29 is 0 Å². The van der Waals surface area contributed by atoms with E-state index in [4.69, 9.17) is 0 Å². The molecule has 1 heterocycles. The van der Waals surface area contributed by atoms with Crippen molar-refractivity contribution in [2.24, 2.45) is 5.92 Å². The average molecular weight is 233 g/mol. The molecule has 1 aromatic heterocycles. The van der Waals surface area contributed by atoms with Gasteiger partial charge in [0.15, 0.2) is 0 Å². The summed E-state index contributed by atoms with van der Waals surface area (Å²) >= 11 is 0. The lowest BCUT2D eigenvalue weighted by atomic mass is 9.84. The molecule has 3 nitrogen and oxygen atoms in total. The zero-order chi connectivity index (χ0) is 12.1. The Labute approximate surface area is 104 Å². The third kappa shape index (κ3) is 2.90. The molecule has 1 saturated carbocycles. The van der Waals surface area contributed by atoms with E-state index < -0.39 is 0 Å². The van der Waals surface area contributed by atoms with Crippen molar-refractivity contribution >= 4 is 5.95 Å². The Morgan fingerprint density at radius 2 is 2.24 bits per heavy atom. The van der Waals surface area contributed by atoms with E-state index in [1.54, 1.807) is 0 Å². The molecule has 0 atom stereocenters. The summed E-state index contributed by atoms with van der Waals surface area (Å²) in [5.74, 6) is 1.93. The first-order valence-electron chi connectivity index (χ1n) is 6.72. The molecule has 0 unspecified atom stereocenters. The van der Waals surface area contributed by atoms with E-state index in [0.717, 1.165) is 18.4 Å². The predicted molar refractivity (Wildman–Crippen MR) is 72.2 cm³/mol. The van der Waals surface area contributed by atoms with Crippen LogP contribution in [-0.4, -0.2) is 16.1 Å². The molecule has 0 saturated heterocycles. The number of nitrogens with zero attached hydrogens (tertiary/aromatic N) is 2. The van der Waals surface area contributed by atoms with E-state index >= 15 is 0 Å². The van der Waals surface area contributed by atoms with E-state index in [0.29, 0.717) is 6.04 Å². The molecular weight excluding hydrogens is 210 g/mol. The molecule has 0 spiro atoms. The molecule has 1 aromatic rings. The first-order chi connectivity index (χ1) is 8.35. The molecule has 2 rings (SSSR count). The van der Waals surface area contributed by atoms with Crippen molar-refractivity contribution in [2.45, 2.75) is 45.1 Å². The van der Waals surface area contributed by atoms with Gasteiger partial charge in [-0.15, -0.1) is 6.58 Å². The molecule has 94 valence electrons. The lowest BCUT2D eigenvalue weighted by Gasteiger charge is -2.29. The Morgan fingerprint density at radius 3 is 2.88 bits per heavy atom. The third-order valence-electron chi connectivity index (χ3n) is 3.86. The smallest absolute Gasteiger partial charge is 0.203 e. The van der Waals surface area contributed by atoms with Gasteiger partial charge in [0.05, 0.1) is 0 Å². The third-order valence-corrected chi connectivity index (χ3v) is 3.86. The average Bonchev–Trinajstić information content (AvgIpc) is 2.84. The van der Waals surface area contributed by atoms with E-state index in [-0.39, 0.29) is 0 Å². The quantitative estimate of drug-likeness (QED) is 0.787. The largest absolute Gasteiger partial charge is 0.352 e. The van der Waals surface area contributed by atoms with Crippen LogP contribution in [0.15, 0.2) is 25.0 Å². The second kappa shape index (κ2) is 5.89. The van der Waals surface area contributed by atoms with Crippen molar-refractivity contribution in [3.8, 4) is 0 Å². The van der Waals surface area contributed by atoms with E-state index in [1.807, 2.05) is 12.3 Å². The molecule has 3 heteroatoms. The molecule has 17 heavy (non-hydrogen) atoms. The van der Waals surface area contributed by atoms with Gasteiger partial charge in [0.1, 0.15) is 0 Å². The highest BCUT2D eigenvalue weighted by molar-refractivity contribution is 5.27. The van der Waals surface area contributed by atoms with E-state index in [9.17, 15) is 0 Å². The van der Waals surface area contributed by atoms with Crippen molar-refractivity contribution in [1.29, 1.82) is 0 Å². The SMILES string of the molecule is C=CCNc1nccn1C1CCC(CC)CC1. The van der Waals surface area contributed by atoms with Crippen molar-refractivity contribution in [2.75, 3.05) is 11.9 Å². The highest BCUT2D eigenvalue weighted by Gasteiger charge is 2.22. The second-order valence-corrected chi connectivity index (χ2v) is 4.91. The number of imidazole rings is 1. The van der Waals surface area contributed by atoms with Crippen LogP contribution >= 0.6 is 0 Å². The van der Waals surface area contributed by atoms with Crippen LogP contribution < -0.4 is 5.32 Å². The van der Waals surface area contributed by atoms with Crippen LogP contribution in [0, 0.1) is 5.92 Å². The monoisotopic (exact) mass is 233 g/mol. The summed E-state index contributed by atoms with van der Waals surface area (Å²) in [4.78, 5) is 4.37. The number of aromatic nitrogens is 2. The first kappa shape index (κ1) is 12.2. The lowest BCUT2D eigenvalue weighted by molar-refractivity contribution is 0.271. The molecule has 1 aliphatic rings. The topological polar surface area (TPSA) is 29.9 Å². The maximum Gasteiger partial charge on any atom is 0.203 e. The Bertz CT molecular complexity index is 348. The van der Waals surface area contributed by atoms with Gasteiger partial charge in [-0.1, -0.05) is 19.4 Å². The van der Waals surface area contributed by atoms with Crippen LogP contribution in [0.2, 0.25) is 0 Å². The van der Waals surface area contributed by atoms with Gasteiger partial charge in [-0.3, -0.25) is 0 Å². The van der Waals surface area contributed by atoms with Crippen LogP contribution in [0.1, 0.15) is 45.1 Å². The number of rotatable bonds is 5. The summed E-state index contributed by atoms with van der Waals surface area (Å²) in [5, 5.41) is 3.30. The zero-order valence-electron chi connectivity index (χ0n) is 10.7. The summed E-state index contributed by atoms with van der Waals surface area (Å²) in [6, 6.07) is 0.632. The van der Waals surface area contributed by atoms with Crippen LogP contribution in [-0.2, 0) is 0 Å². The Morgan fingerprint density at radius 1 is 1.47 bits per heavy atom. The van der Waals surface area contributed by atoms with Gasteiger partial charge in [-0.05, 0) is 31.6 Å². The van der Waals surface area contributed by atoms with E-state index in [2.05, 4.69) is 34.6 Å². The van der Waals surface area contributed by atoms with Crippen LogP contribution in [0.3, 0.4) is 0 Å². The highest BCUT2D eigenvalue weighted by atomic mass is 15.2. The minimum atomic E-state index is 0.632. The van der Waals surface area contributed by atoms with Crippen molar-refractivity contribution in [1.82, 2.24) is 9.55 Å². The number of hydrogen-bond donors (Lipinski definition) is 1. The first-order valence-corrected chi connectivity index (χ1v) is 6.72. The molecule has 1 fully saturated rings. The number of anilines is 1. The maximum absolute atomic E-state index is 4.37. The Hall–Kier alpha value is -1.25. The Balaban J connectivity index is 1.98. The molecule has 1 aliphatic carbocycles. The Kier molecular flexibility index (Phi) is 4.24. The van der Waals surface area contributed by atoms with Gasteiger partial charge >= 0.3 is 0 Å². The predicted octanol–water partition coefficient (Wildman–Crippen LogP) is 3.62. The highest BCUT2D eigenvalue weighted by Crippen LogP contribution is 2.34. The van der Waals surface area contributed by atoms with E-state index in [1.165, 1.54) is 32.1 Å². The van der Waals surface area contributed by atoms with Crippen LogP contribution in [0.4, 0.5) is 5.95 Å². The summed E-state index contributed by atoms with van der Waals surface area (Å²) in [6.07, 6.45) is 12.5. The fourth-order valence-corrected chi connectivity index (χ4v) is 2.74. The molecule has 0 amide bonds. The molecule has 0 aliphatic heterocycles. The van der Waals surface area contributed by atoms with Gasteiger partial charge in [-0.2, -0.15) is 0 Å². The normalized spacial score (nSPS) is 24.5. The number of nitrogens with one attached hydrogen (secondary N) is 1. The van der Waals surface area contributed by atoms with Crippen LogP contribution in [0.5, 0.6) is 0 Å². The fraction of sp³-hybridized carbons (Fsp3) is 0.643. The number of hydrogen-bond acceptors (Lipinski definition) is 2. The van der Waals surface area contributed by atoms with Gasteiger partial charge in [0, 0.05) is 25.0 Å². The molecule has 1 N–H and O–H groups in total. The van der Waals surface area contributed by atoms with Gasteiger partial charge in [0.25, 0.3) is 0 Å². The summed E-state index contributed by atoms with van der Waals surface area (Å²) in [6.45, 7) is 6.81. The van der Waals surface area contributed by atoms with Gasteiger partial charge in [0.2, 0.25) is 5.95 Å².